The van der Waals surface area contributed by atoms with E-state index in [-0.39, 0.29) is 0 Å². The Kier molecular flexibility index (Phi) is 9.49. The Labute approximate surface area is 82.8 Å². The van der Waals surface area contributed by atoms with Crippen LogP contribution >= 0.6 is 0 Å². The van der Waals surface area contributed by atoms with Crippen molar-refractivity contribution in [3.63, 3.8) is 0 Å². The molecular formula is C11H24N2. The highest BCUT2D eigenvalue weighted by Gasteiger charge is 1.88. The van der Waals surface area contributed by atoms with Crippen LogP contribution in [0.25, 0.3) is 0 Å². The van der Waals surface area contributed by atoms with E-state index in [9.17, 15) is 0 Å². The van der Waals surface area contributed by atoms with Crippen LogP contribution < -0.4 is 10.6 Å². The van der Waals surface area contributed by atoms with Gasteiger partial charge in [0.2, 0.25) is 0 Å². The second kappa shape index (κ2) is 9.75. The summed E-state index contributed by atoms with van der Waals surface area (Å²) in [5.74, 6) is 0. The molecule has 2 N–H and O–H groups in total. The van der Waals surface area contributed by atoms with Crippen molar-refractivity contribution in [1.29, 1.82) is 0 Å². The van der Waals surface area contributed by atoms with Crippen LogP contribution in [0.1, 0.15) is 33.6 Å². The van der Waals surface area contributed by atoms with Crippen molar-refractivity contribution < 1.29 is 0 Å². The Bertz CT molecular complexity index is 130. The lowest BCUT2D eigenvalue weighted by Gasteiger charge is -2.05. The van der Waals surface area contributed by atoms with Crippen molar-refractivity contribution in [3.8, 4) is 0 Å². The van der Waals surface area contributed by atoms with Crippen molar-refractivity contribution in [2.75, 3.05) is 26.2 Å². The first kappa shape index (κ1) is 12.7. The Morgan fingerprint density at radius 2 is 1.77 bits per heavy atom. The molecule has 0 atom stereocenters. The fraction of sp³-hybridized carbons (Fsp3) is 0.818. The summed E-state index contributed by atoms with van der Waals surface area (Å²) in [7, 11) is 0. The smallest absolute Gasteiger partial charge is 0.0162 e. The van der Waals surface area contributed by atoms with Gasteiger partial charge in [0.1, 0.15) is 0 Å². The molecule has 2 heteroatoms. The maximum absolute atomic E-state index is 3.40. The van der Waals surface area contributed by atoms with Crippen LogP contribution in [0, 0.1) is 0 Å². The van der Waals surface area contributed by atoms with Gasteiger partial charge < -0.3 is 10.6 Å². The zero-order valence-corrected chi connectivity index (χ0v) is 9.32. The van der Waals surface area contributed by atoms with E-state index < -0.39 is 0 Å². The monoisotopic (exact) mass is 184 g/mol. The predicted molar refractivity (Wildman–Crippen MR) is 60.1 cm³/mol. The Morgan fingerprint density at radius 3 is 2.38 bits per heavy atom. The normalized spacial score (nSPS) is 12.1. The van der Waals surface area contributed by atoms with Gasteiger partial charge in [-0.25, -0.2) is 0 Å². The van der Waals surface area contributed by atoms with Crippen molar-refractivity contribution >= 4 is 0 Å². The minimum atomic E-state index is 1.03. The largest absolute Gasteiger partial charge is 0.315 e. The minimum absolute atomic E-state index is 1.03. The first-order chi connectivity index (χ1) is 6.31. The van der Waals surface area contributed by atoms with Gasteiger partial charge in [-0.15, -0.1) is 0 Å². The van der Waals surface area contributed by atoms with Crippen LogP contribution in [0.3, 0.4) is 0 Å². The molecule has 0 saturated carbocycles. The molecule has 0 aromatic heterocycles. The summed E-state index contributed by atoms with van der Waals surface area (Å²) in [6.45, 7) is 10.8. The highest BCUT2D eigenvalue weighted by molar-refractivity contribution is 4.99. The Hall–Kier alpha value is -0.340. The number of allylic oxidation sites excluding steroid dienone is 1. The molecule has 0 saturated heterocycles. The molecule has 0 aliphatic heterocycles. The quantitative estimate of drug-likeness (QED) is 0.445. The van der Waals surface area contributed by atoms with Gasteiger partial charge in [0, 0.05) is 19.6 Å². The molecule has 0 aromatic carbocycles. The predicted octanol–water partition coefficient (Wildman–Crippen LogP) is 1.93. The Balaban J connectivity index is 3.11. The van der Waals surface area contributed by atoms with E-state index in [4.69, 9.17) is 0 Å². The van der Waals surface area contributed by atoms with Crippen LogP contribution in [0.5, 0.6) is 0 Å². The van der Waals surface area contributed by atoms with E-state index in [0.29, 0.717) is 0 Å². The molecular weight excluding hydrogens is 160 g/mol. The van der Waals surface area contributed by atoms with E-state index in [1.807, 2.05) is 0 Å². The van der Waals surface area contributed by atoms with E-state index in [2.05, 4.69) is 37.5 Å². The summed E-state index contributed by atoms with van der Waals surface area (Å²) in [5, 5.41) is 6.76. The summed E-state index contributed by atoms with van der Waals surface area (Å²) in [4.78, 5) is 0. The fourth-order valence-electron chi connectivity index (χ4n) is 1.18. The summed E-state index contributed by atoms with van der Waals surface area (Å²) in [6, 6.07) is 0. The van der Waals surface area contributed by atoms with E-state index >= 15 is 0 Å². The van der Waals surface area contributed by atoms with Crippen LogP contribution in [-0.2, 0) is 0 Å². The minimum Gasteiger partial charge on any atom is -0.315 e. The molecule has 2 nitrogen and oxygen atoms in total. The molecule has 0 aliphatic carbocycles. The van der Waals surface area contributed by atoms with Gasteiger partial charge in [-0.2, -0.15) is 0 Å². The second-order valence-electron chi connectivity index (χ2n) is 3.39. The molecule has 0 spiro atoms. The highest BCUT2D eigenvalue weighted by atomic mass is 14.9. The van der Waals surface area contributed by atoms with Gasteiger partial charge in [0.25, 0.3) is 0 Å². The maximum atomic E-state index is 3.40. The lowest BCUT2D eigenvalue weighted by atomic mass is 10.2. The maximum Gasteiger partial charge on any atom is 0.0162 e. The van der Waals surface area contributed by atoms with Crippen LogP contribution in [0.2, 0.25) is 0 Å². The first-order valence-corrected chi connectivity index (χ1v) is 5.38. The molecule has 0 unspecified atom stereocenters. The molecule has 0 aromatic rings. The van der Waals surface area contributed by atoms with Crippen LogP contribution in [0.4, 0.5) is 0 Å². The SMILES string of the molecule is CCC=C(C)CNCCNCCC. The number of hydrogen-bond donors (Lipinski definition) is 2. The van der Waals surface area contributed by atoms with E-state index in [1.54, 1.807) is 0 Å². The molecule has 0 aliphatic rings. The summed E-state index contributed by atoms with van der Waals surface area (Å²) in [6.07, 6.45) is 4.63. The third-order valence-electron chi connectivity index (χ3n) is 1.86. The van der Waals surface area contributed by atoms with Crippen molar-refractivity contribution in [2.45, 2.75) is 33.6 Å². The molecule has 0 bridgehead atoms. The number of hydrogen-bond acceptors (Lipinski definition) is 2. The van der Waals surface area contributed by atoms with Crippen molar-refractivity contribution in [2.24, 2.45) is 0 Å². The summed E-state index contributed by atoms with van der Waals surface area (Å²) >= 11 is 0. The highest BCUT2D eigenvalue weighted by Crippen LogP contribution is 1.91. The van der Waals surface area contributed by atoms with Crippen molar-refractivity contribution in [1.82, 2.24) is 10.6 Å². The summed E-state index contributed by atoms with van der Waals surface area (Å²) < 4.78 is 0. The van der Waals surface area contributed by atoms with Gasteiger partial charge in [0.05, 0.1) is 0 Å². The van der Waals surface area contributed by atoms with Gasteiger partial charge in [-0.1, -0.05) is 25.5 Å². The van der Waals surface area contributed by atoms with Crippen LogP contribution in [0.15, 0.2) is 11.6 Å². The molecule has 0 amide bonds. The van der Waals surface area contributed by atoms with Crippen LogP contribution in [-0.4, -0.2) is 26.2 Å². The number of rotatable bonds is 8. The molecule has 0 radical (unpaired) electrons. The third-order valence-corrected chi connectivity index (χ3v) is 1.86. The number of nitrogens with one attached hydrogen (secondary N) is 2. The third kappa shape index (κ3) is 9.57. The molecule has 0 heterocycles. The second-order valence-corrected chi connectivity index (χ2v) is 3.39. The van der Waals surface area contributed by atoms with Gasteiger partial charge in [0.15, 0.2) is 0 Å². The fourth-order valence-corrected chi connectivity index (χ4v) is 1.18. The van der Waals surface area contributed by atoms with E-state index in [1.165, 1.54) is 12.0 Å². The van der Waals surface area contributed by atoms with Gasteiger partial charge in [-0.05, 0) is 26.3 Å². The molecule has 13 heavy (non-hydrogen) atoms. The zero-order chi connectivity index (χ0) is 9.94. The average Bonchev–Trinajstić information content (AvgIpc) is 2.11. The zero-order valence-electron chi connectivity index (χ0n) is 9.32. The molecule has 0 fully saturated rings. The average molecular weight is 184 g/mol. The first-order valence-electron chi connectivity index (χ1n) is 5.38. The summed E-state index contributed by atoms with van der Waals surface area (Å²) in [5.41, 5.74) is 1.44. The lowest BCUT2D eigenvalue weighted by Crippen LogP contribution is -2.28. The van der Waals surface area contributed by atoms with Gasteiger partial charge in [-0.3, -0.25) is 0 Å². The Morgan fingerprint density at radius 1 is 1.08 bits per heavy atom. The van der Waals surface area contributed by atoms with E-state index in [0.717, 1.165) is 32.6 Å². The standard InChI is InChI=1S/C11H24N2/c1-4-6-11(3)10-13-9-8-12-7-5-2/h6,12-13H,4-5,7-10H2,1-3H3. The topological polar surface area (TPSA) is 24.1 Å². The van der Waals surface area contributed by atoms with Gasteiger partial charge >= 0.3 is 0 Å². The van der Waals surface area contributed by atoms with Crippen molar-refractivity contribution in [3.05, 3.63) is 11.6 Å². The molecule has 0 rings (SSSR count). The molecule has 78 valence electrons. The lowest BCUT2D eigenvalue weighted by molar-refractivity contribution is 0.623.